The number of hydrogen-bond donors (Lipinski definition) is 3. The largest absolute Gasteiger partial charge is 0.484 e. The standard InChI is InChI=1S/C21H25N3O3.ClH/c1-14(23-21(26)17-4-2-15(12-22)3-5-17)16-6-10-19(11-7-16)27-13-20(25)24-18-8-9-18;/h2-7,10-11,14,18H,8-9,12-13,22H2,1H3,(H,23,26)(H,24,25);1H. The van der Waals surface area contributed by atoms with Gasteiger partial charge in [-0.05, 0) is 55.2 Å². The van der Waals surface area contributed by atoms with Crippen molar-refractivity contribution in [3.05, 3.63) is 65.2 Å². The summed E-state index contributed by atoms with van der Waals surface area (Å²) < 4.78 is 5.49. The van der Waals surface area contributed by atoms with Gasteiger partial charge in [-0.15, -0.1) is 12.4 Å². The van der Waals surface area contributed by atoms with Crippen molar-refractivity contribution >= 4 is 24.2 Å². The molecule has 1 aliphatic rings. The highest BCUT2D eigenvalue weighted by atomic mass is 35.5. The van der Waals surface area contributed by atoms with Crippen LogP contribution in [0.3, 0.4) is 0 Å². The van der Waals surface area contributed by atoms with Crippen LogP contribution in [0.5, 0.6) is 5.75 Å². The predicted octanol–water partition coefficient (Wildman–Crippen LogP) is 2.72. The molecule has 1 saturated carbocycles. The Morgan fingerprint density at radius 1 is 1.11 bits per heavy atom. The number of halogens is 1. The first kappa shape index (κ1) is 21.7. The molecule has 0 radical (unpaired) electrons. The van der Waals surface area contributed by atoms with E-state index in [9.17, 15) is 9.59 Å². The minimum absolute atomic E-state index is 0. The van der Waals surface area contributed by atoms with Gasteiger partial charge in [0.15, 0.2) is 6.61 Å². The molecule has 0 bridgehead atoms. The Morgan fingerprint density at radius 3 is 2.32 bits per heavy atom. The third-order valence-corrected chi connectivity index (χ3v) is 4.49. The van der Waals surface area contributed by atoms with Crippen LogP contribution in [0.4, 0.5) is 0 Å². The lowest BCUT2D eigenvalue weighted by molar-refractivity contribution is -0.123. The van der Waals surface area contributed by atoms with E-state index in [4.69, 9.17) is 10.5 Å². The highest BCUT2D eigenvalue weighted by Crippen LogP contribution is 2.20. The molecule has 1 fully saturated rings. The molecular formula is C21H26ClN3O3. The van der Waals surface area contributed by atoms with Gasteiger partial charge in [-0.3, -0.25) is 9.59 Å². The molecule has 1 aliphatic carbocycles. The monoisotopic (exact) mass is 403 g/mol. The van der Waals surface area contributed by atoms with E-state index in [1.807, 2.05) is 31.2 Å². The van der Waals surface area contributed by atoms with Crippen molar-refractivity contribution in [2.45, 2.75) is 38.4 Å². The SMILES string of the molecule is CC(NC(=O)c1ccc(CN)cc1)c1ccc(OCC(=O)NC2CC2)cc1.Cl. The zero-order valence-electron chi connectivity index (χ0n) is 15.8. The summed E-state index contributed by atoms with van der Waals surface area (Å²) >= 11 is 0. The summed E-state index contributed by atoms with van der Waals surface area (Å²) in [5.74, 6) is 0.395. The molecule has 2 aromatic carbocycles. The average Bonchev–Trinajstić information content (AvgIpc) is 3.50. The Labute approximate surface area is 171 Å². The highest BCUT2D eigenvalue weighted by molar-refractivity contribution is 5.94. The Hall–Kier alpha value is -2.57. The van der Waals surface area contributed by atoms with Crippen LogP contribution in [0.25, 0.3) is 0 Å². The first-order valence-electron chi connectivity index (χ1n) is 9.17. The first-order valence-corrected chi connectivity index (χ1v) is 9.17. The van der Waals surface area contributed by atoms with Crippen molar-refractivity contribution in [3.63, 3.8) is 0 Å². The van der Waals surface area contributed by atoms with Crippen molar-refractivity contribution < 1.29 is 14.3 Å². The lowest BCUT2D eigenvalue weighted by atomic mass is 10.1. The second-order valence-corrected chi connectivity index (χ2v) is 6.80. The Bertz CT molecular complexity index is 790. The molecular weight excluding hydrogens is 378 g/mol. The minimum Gasteiger partial charge on any atom is -0.484 e. The zero-order chi connectivity index (χ0) is 19.2. The first-order chi connectivity index (χ1) is 13.0. The van der Waals surface area contributed by atoms with Gasteiger partial charge in [-0.25, -0.2) is 0 Å². The summed E-state index contributed by atoms with van der Waals surface area (Å²) in [6, 6.07) is 14.8. The lowest BCUT2D eigenvalue weighted by Gasteiger charge is -2.15. The fourth-order valence-electron chi connectivity index (χ4n) is 2.65. The fraction of sp³-hybridized carbons (Fsp3) is 0.333. The quantitative estimate of drug-likeness (QED) is 0.631. The molecule has 3 rings (SSSR count). The van der Waals surface area contributed by atoms with Gasteiger partial charge in [0.2, 0.25) is 0 Å². The van der Waals surface area contributed by atoms with Crippen LogP contribution in [-0.4, -0.2) is 24.5 Å². The summed E-state index contributed by atoms with van der Waals surface area (Å²) in [5.41, 5.74) is 8.11. The number of hydrogen-bond acceptors (Lipinski definition) is 4. The molecule has 2 amide bonds. The third kappa shape index (κ3) is 6.25. The van der Waals surface area contributed by atoms with Crippen LogP contribution in [0, 0.1) is 0 Å². The molecule has 28 heavy (non-hydrogen) atoms. The van der Waals surface area contributed by atoms with E-state index in [1.165, 1.54) is 0 Å². The van der Waals surface area contributed by atoms with E-state index >= 15 is 0 Å². The van der Waals surface area contributed by atoms with Crippen molar-refractivity contribution in [1.29, 1.82) is 0 Å². The summed E-state index contributed by atoms with van der Waals surface area (Å²) in [5, 5.41) is 5.85. The normalized spacial score (nSPS) is 13.8. The number of rotatable bonds is 8. The van der Waals surface area contributed by atoms with E-state index in [1.54, 1.807) is 24.3 Å². The molecule has 0 heterocycles. The van der Waals surface area contributed by atoms with Crippen LogP contribution >= 0.6 is 12.4 Å². The fourth-order valence-corrected chi connectivity index (χ4v) is 2.65. The number of ether oxygens (including phenoxy) is 1. The number of carbonyl (C=O) groups is 2. The molecule has 150 valence electrons. The minimum atomic E-state index is -0.154. The van der Waals surface area contributed by atoms with Gasteiger partial charge < -0.3 is 21.1 Å². The van der Waals surface area contributed by atoms with Crippen LogP contribution in [0.1, 0.15) is 47.3 Å². The topological polar surface area (TPSA) is 93.5 Å². The van der Waals surface area contributed by atoms with Crippen LogP contribution in [-0.2, 0) is 11.3 Å². The molecule has 1 atom stereocenters. The molecule has 2 aromatic rings. The van der Waals surface area contributed by atoms with Crippen LogP contribution in [0.15, 0.2) is 48.5 Å². The molecule has 7 heteroatoms. The van der Waals surface area contributed by atoms with E-state index in [0.717, 1.165) is 24.0 Å². The maximum atomic E-state index is 12.4. The van der Waals surface area contributed by atoms with E-state index in [-0.39, 0.29) is 36.9 Å². The lowest BCUT2D eigenvalue weighted by Crippen LogP contribution is -2.30. The summed E-state index contributed by atoms with van der Waals surface area (Å²) in [4.78, 5) is 24.0. The maximum absolute atomic E-state index is 12.4. The number of benzene rings is 2. The smallest absolute Gasteiger partial charge is 0.258 e. The summed E-state index contributed by atoms with van der Waals surface area (Å²) in [6.45, 7) is 2.39. The van der Waals surface area contributed by atoms with E-state index in [2.05, 4.69) is 10.6 Å². The molecule has 0 aliphatic heterocycles. The van der Waals surface area contributed by atoms with Gasteiger partial charge in [0.1, 0.15) is 5.75 Å². The second kappa shape index (κ2) is 10.1. The van der Waals surface area contributed by atoms with E-state index in [0.29, 0.717) is 23.9 Å². The average molecular weight is 404 g/mol. The molecule has 4 N–H and O–H groups in total. The van der Waals surface area contributed by atoms with Gasteiger partial charge in [0.25, 0.3) is 11.8 Å². The maximum Gasteiger partial charge on any atom is 0.258 e. The van der Waals surface area contributed by atoms with Crippen LogP contribution < -0.4 is 21.1 Å². The van der Waals surface area contributed by atoms with Gasteiger partial charge >= 0.3 is 0 Å². The van der Waals surface area contributed by atoms with E-state index < -0.39 is 0 Å². The number of amides is 2. The summed E-state index contributed by atoms with van der Waals surface area (Å²) in [7, 11) is 0. The molecule has 6 nitrogen and oxygen atoms in total. The number of nitrogens with two attached hydrogens (primary N) is 1. The highest BCUT2D eigenvalue weighted by Gasteiger charge is 2.23. The van der Waals surface area contributed by atoms with Gasteiger partial charge in [-0.1, -0.05) is 24.3 Å². The number of nitrogens with one attached hydrogen (secondary N) is 2. The molecule has 0 aromatic heterocycles. The van der Waals surface area contributed by atoms with Crippen molar-refractivity contribution in [1.82, 2.24) is 10.6 Å². The van der Waals surface area contributed by atoms with Crippen molar-refractivity contribution in [2.75, 3.05) is 6.61 Å². The Morgan fingerprint density at radius 2 is 1.75 bits per heavy atom. The number of carbonyl (C=O) groups excluding carboxylic acids is 2. The van der Waals surface area contributed by atoms with Gasteiger partial charge in [0, 0.05) is 18.2 Å². The zero-order valence-corrected chi connectivity index (χ0v) is 16.6. The molecule has 0 spiro atoms. The van der Waals surface area contributed by atoms with Crippen molar-refractivity contribution in [2.24, 2.45) is 5.73 Å². The predicted molar refractivity (Wildman–Crippen MR) is 111 cm³/mol. The van der Waals surface area contributed by atoms with Gasteiger partial charge in [-0.2, -0.15) is 0 Å². The van der Waals surface area contributed by atoms with Crippen molar-refractivity contribution in [3.8, 4) is 5.75 Å². The van der Waals surface area contributed by atoms with Gasteiger partial charge in [0.05, 0.1) is 6.04 Å². The second-order valence-electron chi connectivity index (χ2n) is 6.80. The summed E-state index contributed by atoms with van der Waals surface area (Å²) in [6.07, 6.45) is 2.11. The third-order valence-electron chi connectivity index (χ3n) is 4.49. The molecule has 1 unspecified atom stereocenters. The van der Waals surface area contributed by atoms with Crippen LogP contribution in [0.2, 0.25) is 0 Å². The molecule has 0 saturated heterocycles. The Balaban J connectivity index is 0.00000280. The Kier molecular flexibility index (Phi) is 7.84.